The van der Waals surface area contributed by atoms with E-state index in [4.69, 9.17) is 9.47 Å². The lowest BCUT2D eigenvalue weighted by Crippen LogP contribution is -2.67. The predicted octanol–water partition coefficient (Wildman–Crippen LogP) is 1.06. The lowest BCUT2D eigenvalue weighted by atomic mass is 9.82. The molecule has 2 N–H and O–H groups in total. The molecule has 6 nitrogen and oxygen atoms in total. The first-order chi connectivity index (χ1) is 13.1. The number of methoxy groups -OCH3 is 2. The monoisotopic (exact) mass is 380 g/mol. The van der Waals surface area contributed by atoms with Gasteiger partial charge in [-0.25, -0.2) is 0 Å². The molecular formula is C21H40N4O2. The highest BCUT2D eigenvalue weighted by Crippen LogP contribution is 2.36. The lowest BCUT2D eigenvalue weighted by molar-refractivity contribution is -0.0855. The number of hydrogen-bond acceptors (Lipinski definition) is 6. The van der Waals surface area contributed by atoms with Crippen LogP contribution in [0, 0.1) is 0 Å². The van der Waals surface area contributed by atoms with E-state index < -0.39 is 0 Å². The second kappa shape index (κ2) is 8.64. The first-order valence-corrected chi connectivity index (χ1v) is 11.1. The van der Waals surface area contributed by atoms with Gasteiger partial charge in [0.15, 0.2) is 0 Å². The number of nitrogens with one attached hydrogen (secondary N) is 2. The third-order valence-corrected chi connectivity index (χ3v) is 7.69. The Bertz CT molecular complexity index is 439. The Morgan fingerprint density at radius 1 is 0.704 bits per heavy atom. The van der Waals surface area contributed by atoms with Crippen molar-refractivity contribution >= 4 is 0 Å². The average molecular weight is 381 g/mol. The Morgan fingerprint density at radius 3 is 1.48 bits per heavy atom. The Morgan fingerprint density at radius 2 is 1.11 bits per heavy atom. The smallest absolute Gasteiger partial charge is 0.0601 e. The molecule has 0 radical (unpaired) electrons. The van der Waals surface area contributed by atoms with Crippen molar-refractivity contribution in [2.24, 2.45) is 0 Å². The third kappa shape index (κ3) is 4.07. The summed E-state index contributed by atoms with van der Waals surface area (Å²) in [5, 5.41) is 7.40. The van der Waals surface area contributed by atoms with Gasteiger partial charge in [0.1, 0.15) is 0 Å². The van der Waals surface area contributed by atoms with Crippen LogP contribution in [0.1, 0.15) is 46.0 Å². The molecule has 2 saturated heterocycles. The van der Waals surface area contributed by atoms with Crippen LogP contribution in [0.4, 0.5) is 0 Å². The third-order valence-electron chi connectivity index (χ3n) is 7.69. The van der Waals surface area contributed by atoms with E-state index in [0.717, 1.165) is 26.2 Å². The Hall–Kier alpha value is -0.240. The van der Waals surface area contributed by atoms with E-state index in [-0.39, 0.29) is 0 Å². The van der Waals surface area contributed by atoms with Crippen molar-refractivity contribution in [3.05, 3.63) is 0 Å². The van der Waals surface area contributed by atoms with Crippen molar-refractivity contribution in [2.75, 3.05) is 40.4 Å². The number of hydrogen-bond donors (Lipinski definition) is 2. The van der Waals surface area contributed by atoms with Gasteiger partial charge < -0.3 is 20.1 Å². The fourth-order valence-corrected chi connectivity index (χ4v) is 6.05. The summed E-state index contributed by atoms with van der Waals surface area (Å²) in [6, 6.07) is 3.93. The highest BCUT2D eigenvalue weighted by atomic mass is 16.5. The molecule has 4 atom stereocenters. The zero-order chi connectivity index (χ0) is 19.0. The van der Waals surface area contributed by atoms with Gasteiger partial charge in [0, 0.05) is 76.6 Å². The highest BCUT2D eigenvalue weighted by Gasteiger charge is 2.45. The highest BCUT2D eigenvalue weighted by molar-refractivity contribution is 5.01. The molecule has 0 amide bonds. The summed E-state index contributed by atoms with van der Waals surface area (Å²) in [6.45, 7) is 9.28. The fourth-order valence-electron chi connectivity index (χ4n) is 6.05. The molecule has 156 valence electrons. The second-order valence-electron chi connectivity index (χ2n) is 9.42. The average Bonchev–Trinajstić information content (AvgIpc) is 2.57. The molecule has 2 heterocycles. The van der Waals surface area contributed by atoms with Gasteiger partial charge in [0.05, 0.1) is 12.2 Å². The van der Waals surface area contributed by atoms with E-state index >= 15 is 0 Å². The van der Waals surface area contributed by atoms with Crippen LogP contribution in [0.25, 0.3) is 0 Å². The van der Waals surface area contributed by atoms with E-state index in [9.17, 15) is 0 Å². The topological polar surface area (TPSA) is 49.0 Å². The molecule has 27 heavy (non-hydrogen) atoms. The van der Waals surface area contributed by atoms with Crippen LogP contribution in [0.3, 0.4) is 0 Å². The lowest BCUT2D eigenvalue weighted by Gasteiger charge is -2.55. The van der Waals surface area contributed by atoms with Gasteiger partial charge in [-0.3, -0.25) is 9.80 Å². The van der Waals surface area contributed by atoms with Crippen molar-refractivity contribution < 1.29 is 9.47 Å². The molecule has 2 saturated carbocycles. The number of piperazine rings is 2. The van der Waals surface area contributed by atoms with E-state index in [2.05, 4.69) is 34.3 Å². The van der Waals surface area contributed by atoms with Gasteiger partial charge in [-0.05, 0) is 46.0 Å². The summed E-state index contributed by atoms with van der Waals surface area (Å²) in [6.07, 6.45) is 7.04. The second-order valence-corrected chi connectivity index (χ2v) is 9.42. The molecule has 4 fully saturated rings. The van der Waals surface area contributed by atoms with E-state index in [1.54, 1.807) is 0 Å². The van der Waals surface area contributed by atoms with Crippen molar-refractivity contribution in [1.82, 2.24) is 20.4 Å². The zero-order valence-electron chi connectivity index (χ0n) is 17.7. The Balaban J connectivity index is 1.41. The van der Waals surface area contributed by atoms with Crippen molar-refractivity contribution in [2.45, 2.75) is 94.4 Å². The summed E-state index contributed by atoms with van der Waals surface area (Å²) < 4.78 is 11.1. The maximum absolute atomic E-state index is 5.56. The van der Waals surface area contributed by atoms with Crippen LogP contribution in [-0.2, 0) is 9.47 Å². The summed E-state index contributed by atoms with van der Waals surface area (Å²) in [7, 11) is 3.72. The minimum atomic E-state index is 0.478. The summed E-state index contributed by atoms with van der Waals surface area (Å²) >= 11 is 0. The van der Waals surface area contributed by atoms with E-state index in [1.807, 2.05) is 14.2 Å². The van der Waals surface area contributed by atoms with Gasteiger partial charge >= 0.3 is 0 Å². The Labute approximate surface area is 165 Å². The molecule has 0 spiro atoms. The van der Waals surface area contributed by atoms with Crippen LogP contribution in [0.5, 0.6) is 0 Å². The van der Waals surface area contributed by atoms with Crippen molar-refractivity contribution in [3.63, 3.8) is 0 Å². The van der Waals surface area contributed by atoms with Crippen LogP contribution in [0.2, 0.25) is 0 Å². The largest absolute Gasteiger partial charge is 0.381 e. The zero-order valence-corrected chi connectivity index (χ0v) is 17.7. The van der Waals surface area contributed by atoms with Gasteiger partial charge in [0.25, 0.3) is 0 Å². The molecule has 2 aliphatic carbocycles. The molecule has 0 unspecified atom stereocenters. The van der Waals surface area contributed by atoms with Gasteiger partial charge in [-0.15, -0.1) is 0 Å². The first kappa shape index (κ1) is 20.0. The van der Waals surface area contributed by atoms with Crippen LogP contribution < -0.4 is 10.6 Å². The SMILES string of the molecule is COC1CC(N2[C@H](C[C@@H]3CNC[C@H](C)N3C3CC(OC)C3)CNC[C@H]2C)C1. The van der Waals surface area contributed by atoms with E-state index in [1.165, 1.54) is 32.1 Å². The molecule has 0 bridgehead atoms. The van der Waals surface area contributed by atoms with Gasteiger partial charge in [-0.2, -0.15) is 0 Å². The summed E-state index contributed by atoms with van der Waals surface area (Å²) in [5.41, 5.74) is 0. The fraction of sp³-hybridized carbons (Fsp3) is 1.00. The molecule has 0 aromatic carbocycles. The molecule has 4 aliphatic rings. The van der Waals surface area contributed by atoms with E-state index in [0.29, 0.717) is 48.5 Å². The first-order valence-electron chi connectivity index (χ1n) is 11.1. The minimum absolute atomic E-state index is 0.478. The minimum Gasteiger partial charge on any atom is -0.381 e. The standard InChI is InChI=1S/C21H40N4O2/c1-14-10-22-12-18(24(14)16-6-20(7-16)26-3)5-19-13-23-11-15(2)25(19)17-8-21(9-17)27-4/h14-23H,5-13H2,1-4H3/t14-,15+,16?,17?,18-,19-,20?,21?/m1/s1. The van der Waals surface area contributed by atoms with Gasteiger partial charge in [-0.1, -0.05) is 0 Å². The van der Waals surface area contributed by atoms with Crippen LogP contribution in [-0.4, -0.2) is 98.7 Å². The van der Waals surface area contributed by atoms with Crippen molar-refractivity contribution in [1.29, 1.82) is 0 Å². The molecule has 6 heteroatoms. The maximum atomic E-state index is 5.56. The summed E-state index contributed by atoms with van der Waals surface area (Å²) in [5.74, 6) is 0. The maximum Gasteiger partial charge on any atom is 0.0601 e. The molecule has 0 aromatic rings. The van der Waals surface area contributed by atoms with Crippen molar-refractivity contribution in [3.8, 4) is 0 Å². The molecule has 2 aliphatic heterocycles. The number of nitrogens with zero attached hydrogens (tertiary/aromatic N) is 2. The number of ether oxygens (including phenoxy) is 2. The van der Waals surface area contributed by atoms with Gasteiger partial charge in [0.2, 0.25) is 0 Å². The normalized spacial score (nSPS) is 46.7. The quantitative estimate of drug-likeness (QED) is 0.719. The Kier molecular flexibility index (Phi) is 6.41. The summed E-state index contributed by atoms with van der Waals surface area (Å²) in [4.78, 5) is 5.67. The molecular weight excluding hydrogens is 340 g/mol. The van der Waals surface area contributed by atoms with Crippen LogP contribution >= 0.6 is 0 Å². The predicted molar refractivity (Wildman–Crippen MR) is 108 cm³/mol. The molecule has 4 rings (SSSR count). The molecule has 0 aromatic heterocycles. The van der Waals surface area contributed by atoms with Crippen LogP contribution in [0.15, 0.2) is 0 Å². The number of rotatable bonds is 6.